The zero-order chi connectivity index (χ0) is 38.3. The van der Waals surface area contributed by atoms with E-state index < -0.39 is 0 Å². The van der Waals surface area contributed by atoms with Gasteiger partial charge in [-0.2, -0.15) is 5.10 Å². The van der Waals surface area contributed by atoms with Crippen LogP contribution in [0.2, 0.25) is 0 Å². The van der Waals surface area contributed by atoms with Gasteiger partial charge in [0.15, 0.2) is 5.65 Å². The summed E-state index contributed by atoms with van der Waals surface area (Å²) in [6.07, 6.45) is 4.32. The average molecular weight is 747 g/mol. The monoisotopic (exact) mass is 746 g/mol. The molecule has 0 spiro atoms. The molecule has 0 saturated carbocycles. The highest BCUT2D eigenvalue weighted by molar-refractivity contribution is 6.00. The third-order valence-electron chi connectivity index (χ3n) is 10.7. The molecule has 5 aromatic rings. The van der Waals surface area contributed by atoms with Crippen molar-refractivity contribution in [2.75, 3.05) is 51.8 Å². The summed E-state index contributed by atoms with van der Waals surface area (Å²) in [7, 11) is 2.14. The minimum Gasteiger partial charge on any atom is -0.381 e. The van der Waals surface area contributed by atoms with E-state index in [0.29, 0.717) is 42.9 Å². The van der Waals surface area contributed by atoms with Crippen LogP contribution in [-0.4, -0.2) is 88.9 Å². The van der Waals surface area contributed by atoms with E-state index in [1.165, 1.54) is 6.07 Å². The van der Waals surface area contributed by atoms with Crippen molar-refractivity contribution >= 4 is 28.5 Å². The van der Waals surface area contributed by atoms with Gasteiger partial charge in [0, 0.05) is 99.6 Å². The van der Waals surface area contributed by atoms with Crippen LogP contribution < -0.4 is 16.0 Å². The fourth-order valence-corrected chi connectivity index (χ4v) is 7.46. The minimum absolute atomic E-state index is 0.205. The van der Waals surface area contributed by atoms with Gasteiger partial charge in [-0.1, -0.05) is 37.3 Å². The smallest absolute Gasteiger partial charge is 0.251 e. The first-order chi connectivity index (χ1) is 26.8. The normalized spacial score (nSPS) is 15.6. The molecule has 7 rings (SSSR count). The summed E-state index contributed by atoms with van der Waals surface area (Å²) in [4.78, 5) is 36.7. The van der Waals surface area contributed by atoms with Crippen LogP contribution in [0.15, 0.2) is 72.9 Å². The van der Waals surface area contributed by atoms with Gasteiger partial charge in [-0.05, 0) is 86.3 Å². The number of hydrogen-bond donors (Lipinski definition) is 3. The SMILES string of the molecule is CCc1nc2c(cnn2CC)c(NC2CCOCC2)c1CNC(=O)c1cccc(C(=O)NCc2ccc(F)c(-c3cccc(CN4CCN(C)CC4)c3)c2)c1. The molecule has 0 aliphatic carbocycles. The molecule has 3 aromatic carbocycles. The van der Waals surface area contributed by atoms with Crippen LogP contribution in [0.5, 0.6) is 0 Å². The Kier molecular flexibility index (Phi) is 12.1. The Morgan fingerprint density at radius 2 is 1.60 bits per heavy atom. The quantitative estimate of drug-likeness (QED) is 0.134. The lowest BCUT2D eigenvalue weighted by atomic mass is 10.00. The van der Waals surface area contributed by atoms with Crippen LogP contribution in [0.1, 0.15) is 69.8 Å². The Bertz CT molecular complexity index is 2140. The van der Waals surface area contributed by atoms with Crippen molar-refractivity contribution in [3.05, 3.63) is 112 Å². The second kappa shape index (κ2) is 17.5. The minimum atomic E-state index is -0.325. The number of likely N-dealkylation sites (N-methyl/N-ethyl adjacent to an activating group) is 1. The second-order valence-electron chi connectivity index (χ2n) is 14.5. The highest BCUT2D eigenvalue weighted by Crippen LogP contribution is 2.31. The van der Waals surface area contributed by atoms with Crippen LogP contribution in [0, 0.1) is 5.82 Å². The standard InChI is InChI=1S/C43H51FN8O3/c1-4-39-36(40(48-34-14-20-55-21-15-34)37-27-47-52(5-2)41(37)49-39)26-46-43(54)33-11-7-10-32(24-33)42(53)45-25-29-12-13-38(44)35(23-29)31-9-6-8-30(22-31)28-51-18-16-50(3)17-19-51/h6-13,22-24,27,34H,4-5,14-21,25-26,28H2,1-3H3,(H,45,53)(H,46,54)(H,48,49). The summed E-state index contributed by atoms with van der Waals surface area (Å²) >= 11 is 0. The van der Waals surface area contributed by atoms with E-state index in [-0.39, 0.29) is 36.8 Å². The second-order valence-corrected chi connectivity index (χ2v) is 14.5. The molecule has 12 heteroatoms. The highest BCUT2D eigenvalue weighted by atomic mass is 19.1. The number of aryl methyl sites for hydroxylation is 2. The average Bonchev–Trinajstić information content (AvgIpc) is 3.64. The summed E-state index contributed by atoms with van der Waals surface area (Å²) in [6, 6.07) is 19.9. The van der Waals surface area contributed by atoms with Crippen molar-refractivity contribution in [3.8, 4) is 11.1 Å². The summed E-state index contributed by atoms with van der Waals surface area (Å²) < 4.78 is 22.6. The van der Waals surface area contributed by atoms with Gasteiger partial charge in [0.2, 0.25) is 0 Å². The zero-order valence-electron chi connectivity index (χ0n) is 32.0. The van der Waals surface area contributed by atoms with Crippen molar-refractivity contribution in [3.63, 3.8) is 0 Å². The van der Waals surface area contributed by atoms with E-state index in [2.05, 4.69) is 57.0 Å². The van der Waals surface area contributed by atoms with Crippen molar-refractivity contribution in [1.29, 1.82) is 0 Å². The Hall–Kier alpha value is -5.17. The largest absolute Gasteiger partial charge is 0.381 e. The number of hydrogen-bond acceptors (Lipinski definition) is 8. The number of halogens is 1. The van der Waals surface area contributed by atoms with Gasteiger partial charge >= 0.3 is 0 Å². The molecule has 2 fully saturated rings. The van der Waals surface area contributed by atoms with Gasteiger partial charge in [0.1, 0.15) is 5.82 Å². The number of pyridine rings is 1. The van der Waals surface area contributed by atoms with Gasteiger partial charge in [-0.25, -0.2) is 14.1 Å². The van der Waals surface area contributed by atoms with Gasteiger partial charge in [-0.3, -0.25) is 14.5 Å². The molecule has 55 heavy (non-hydrogen) atoms. The summed E-state index contributed by atoms with van der Waals surface area (Å²) in [5, 5.41) is 15.3. The van der Waals surface area contributed by atoms with E-state index >= 15 is 4.39 Å². The molecule has 2 saturated heterocycles. The zero-order valence-corrected chi connectivity index (χ0v) is 32.0. The first-order valence-electron chi connectivity index (χ1n) is 19.5. The number of anilines is 1. The van der Waals surface area contributed by atoms with E-state index in [1.54, 1.807) is 36.4 Å². The summed E-state index contributed by atoms with van der Waals surface area (Å²) in [6.45, 7) is 11.6. The number of nitrogens with one attached hydrogen (secondary N) is 3. The van der Waals surface area contributed by atoms with Crippen molar-refractivity contribution < 1.29 is 18.7 Å². The van der Waals surface area contributed by atoms with Gasteiger partial charge < -0.3 is 25.6 Å². The predicted molar refractivity (Wildman–Crippen MR) is 213 cm³/mol. The Morgan fingerprint density at radius 3 is 2.33 bits per heavy atom. The van der Waals surface area contributed by atoms with E-state index in [4.69, 9.17) is 9.72 Å². The van der Waals surface area contributed by atoms with Crippen LogP contribution in [0.4, 0.5) is 10.1 Å². The Balaban J connectivity index is 1.01. The molecule has 4 heterocycles. The lowest BCUT2D eigenvalue weighted by Gasteiger charge is -2.32. The number of aromatic nitrogens is 3. The molecular formula is C43H51FN8O3. The summed E-state index contributed by atoms with van der Waals surface area (Å²) in [5.74, 6) is -0.931. The van der Waals surface area contributed by atoms with Gasteiger partial charge in [0.25, 0.3) is 11.8 Å². The molecule has 0 atom stereocenters. The number of ether oxygens (including phenoxy) is 1. The molecular weight excluding hydrogens is 696 g/mol. The van der Waals surface area contributed by atoms with Crippen molar-refractivity contribution in [2.24, 2.45) is 0 Å². The molecule has 0 unspecified atom stereocenters. The molecule has 2 amide bonds. The fourth-order valence-electron chi connectivity index (χ4n) is 7.46. The maximum atomic E-state index is 15.1. The number of rotatable bonds is 13. The number of fused-ring (bicyclic) bond motifs is 1. The van der Waals surface area contributed by atoms with E-state index in [1.807, 2.05) is 29.9 Å². The predicted octanol–water partition coefficient (Wildman–Crippen LogP) is 6.02. The molecule has 11 nitrogen and oxygen atoms in total. The number of carbonyl (C=O) groups excluding carboxylic acids is 2. The Morgan fingerprint density at radius 1 is 0.873 bits per heavy atom. The van der Waals surface area contributed by atoms with Crippen LogP contribution in [0.25, 0.3) is 22.2 Å². The van der Waals surface area contributed by atoms with Crippen LogP contribution in [0.3, 0.4) is 0 Å². The lowest BCUT2D eigenvalue weighted by molar-refractivity contribution is 0.0904. The molecule has 0 radical (unpaired) electrons. The summed E-state index contributed by atoms with van der Waals surface area (Å²) in [5.41, 5.74) is 7.55. The highest BCUT2D eigenvalue weighted by Gasteiger charge is 2.23. The number of benzene rings is 3. The van der Waals surface area contributed by atoms with Crippen LogP contribution in [-0.2, 0) is 37.3 Å². The van der Waals surface area contributed by atoms with Crippen molar-refractivity contribution in [2.45, 2.75) is 65.3 Å². The van der Waals surface area contributed by atoms with Crippen molar-refractivity contribution in [1.82, 2.24) is 35.2 Å². The molecule has 2 aromatic heterocycles. The maximum Gasteiger partial charge on any atom is 0.251 e. The number of piperazine rings is 1. The van der Waals surface area contributed by atoms with E-state index in [9.17, 15) is 9.59 Å². The first kappa shape index (κ1) is 38.1. The number of nitrogens with zero attached hydrogens (tertiary/aromatic N) is 5. The van der Waals surface area contributed by atoms with Gasteiger partial charge in [-0.15, -0.1) is 0 Å². The molecule has 2 aliphatic rings. The third kappa shape index (κ3) is 9.04. The molecule has 3 N–H and O–H groups in total. The molecule has 288 valence electrons. The Labute approximate surface area is 322 Å². The number of carbonyl (C=O) groups is 2. The topological polar surface area (TPSA) is 117 Å². The lowest BCUT2D eigenvalue weighted by Crippen LogP contribution is -2.43. The fraction of sp³-hybridized carbons (Fsp3) is 0.395. The first-order valence-corrected chi connectivity index (χ1v) is 19.5. The molecule has 2 aliphatic heterocycles. The number of amides is 2. The third-order valence-corrected chi connectivity index (χ3v) is 10.7. The van der Waals surface area contributed by atoms with Crippen LogP contribution >= 0.6 is 0 Å². The molecule has 0 bridgehead atoms. The maximum absolute atomic E-state index is 15.1. The van der Waals surface area contributed by atoms with E-state index in [0.717, 1.165) is 90.2 Å². The van der Waals surface area contributed by atoms with Gasteiger partial charge in [0.05, 0.1) is 17.3 Å².